The summed E-state index contributed by atoms with van der Waals surface area (Å²) in [4.78, 5) is 19.8. The first-order valence-corrected chi connectivity index (χ1v) is 18.7. The van der Waals surface area contributed by atoms with Crippen molar-refractivity contribution >= 4 is 31.6 Å². The molecule has 48 heavy (non-hydrogen) atoms. The van der Waals surface area contributed by atoms with E-state index in [4.69, 9.17) is 14.0 Å². The molecule has 17 heteroatoms. The number of likely N-dealkylation sites (N-methyl/N-ethyl adjacent to an activating group) is 1. The Labute approximate surface area is 282 Å². The predicted octanol–water partition coefficient (Wildman–Crippen LogP) is 2.94. The number of rotatable bonds is 9. The van der Waals surface area contributed by atoms with Crippen LogP contribution in [0.25, 0.3) is 0 Å². The van der Waals surface area contributed by atoms with E-state index in [1.807, 2.05) is 13.8 Å². The van der Waals surface area contributed by atoms with Crippen LogP contribution in [0.15, 0.2) is 45.2 Å². The lowest BCUT2D eigenvalue weighted by atomic mass is 10.0. The average molecular weight is 711 g/mol. The summed E-state index contributed by atoms with van der Waals surface area (Å²) in [7, 11) is -4.89. The van der Waals surface area contributed by atoms with Crippen molar-refractivity contribution in [1.29, 1.82) is 0 Å². The summed E-state index contributed by atoms with van der Waals surface area (Å²) in [5.41, 5.74) is 0.406. The molecule has 0 aliphatic carbocycles. The van der Waals surface area contributed by atoms with Crippen LogP contribution in [0, 0.1) is 19.8 Å². The average Bonchev–Trinajstić information content (AvgIpc) is 3.63. The van der Waals surface area contributed by atoms with Gasteiger partial charge in [-0.1, -0.05) is 12.1 Å². The third-order valence-corrected chi connectivity index (χ3v) is 11.7. The monoisotopic (exact) mass is 710 g/mol. The van der Waals surface area contributed by atoms with Gasteiger partial charge in [0.05, 0.1) is 36.7 Å². The van der Waals surface area contributed by atoms with E-state index < -0.39 is 44.0 Å². The molecule has 2 aromatic heterocycles. The molecule has 15 nitrogen and oxygen atoms in total. The third kappa shape index (κ3) is 8.55. The Morgan fingerprint density at radius 3 is 2.52 bits per heavy atom. The van der Waals surface area contributed by atoms with E-state index in [1.54, 1.807) is 24.6 Å². The number of nitrogens with zero attached hydrogens (tertiary/aromatic N) is 5. The summed E-state index contributed by atoms with van der Waals surface area (Å²) in [5.74, 6) is -0.508. The molecule has 0 saturated carbocycles. The van der Waals surface area contributed by atoms with Gasteiger partial charge in [-0.3, -0.25) is 9.52 Å². The van der Waals surface area contributed by atoms with Crippen LogP contribution >= 0.6 is 0 Å². The number of aryl methyl sites for hydroxylation is 3. The molecule has 1 aromatic carbocycles. The molecule has 3 heterocycles. The summed E-state index contributed by atoms with van der Waals surface area (Å²) in [6, 6.07) is 3.82. The molecule has 2 N–H and O–H groups in total. The van der Waals surface area contributed by atoms with Crippen LogP contribution < -0.4 is 9.46 Å². The SMILES string of the molecule is Cc1noc(C)c1S(=O)(=O)Nc1ccc2c(c1)C(=O)N([C@H](C)CO)C[C@H](C)[C@@H](CN(C)S(=O)(=O)c1cn(C)cn1)OCCCC[C@H](C)O2. The zero-order chi connectivity index (χ0) is 35.4. The van der Waals surface area contributed by atoms with Crippen LogP contribution in [0.1, 0.15) is 61.8 Å². The Hall–Kier alpha value is -3.51. The predicted molar refractivity (Wildman–Crippen MR) is 177 cm³/mol. The Bertz CT molecular complexity index is 1770. The second kappa shape index (κ2) is 15.4. The number of carbonyl (C=O) groups excluding carboxylic acids is 1. The van der Waals surface area contributed by atoms with E-state index >= 15 is 0 Å². The van der Waals surface area contributed by atoms with Gasteiger partial charge in [0.25, 0.3) is 26.0 Å². The molecule has 4 atom stereocenters. The second-order valence-electron chi connectivity index (χ2n) is 12.4. The minimum Gasteiger partial charge on any atom is -0.490 e. The molecule has 0 radical (unpaired) electrons. The van der Waals surface area contributed by atoms with E-state index in [1.165, 1.54) is 54.8 Å². The highest BCUT2D eigenvalue weighted by Gasteiger charge is 2.33. The number of hydrogen-bond acceptors (Lipinski definition) is 11. The number of carbonyl (C=O) groups is 1. The number of fused-ring (bicyclic) bond motifs is 1. The van der Waals surface area contributed by atoms with Crippen molar-refractivity contribution in [3.63, 3.8) is 0 Å². The molecule has 4 rings (SSSR count). The number of ether oxygens (including phenoxy) is 2. The maximum absolute atomic E-state index is 14.4. The number of nitrogens with one attached hydrogen (secondary N) is 1. The minimum absolute atomic E-state index is 0.000653. The molecule has 266 valence electrons. The summed E-state index contributed by atoms with van der Waals surface area (Å²) < 4.78 is 76.0. The van der Waals surface area contributed by atoms with Crippen LogP contribution in [0.5, 0.6) is 5.75 Å². The minimum atomic E-state index is -4.12. The van der Waals surface area contributed by atoms with Gasteiger partial charge in [0.2, 0.25) is 0 Å². The molecule has 3 aromatic rings. The lowest BCUT2D eigenvalue weighted by Crippen LogP contribution is -2.48. The molecule has 0 unspecified atom stereocenters. The number of aliphatic hydroxyl groups excluding tert-OH is 1. The topological polar surface area (TPSA) is 186 Å². The highest BCUT2D eigenvalue weighted by Crippen LogP contribution is 2.30. The molecule has 1 aliphatic heterocycles. The number of aromatic nitrogens is 3. The second-order valence-corrected chi connectivity index (χ2v) is 16.0. The maximum Gasteiger partial charge on any atom is 0.267 e. The smallest absolute Gasteiger partial charge is 0.267 e. The number of imidazole rings is 1. The van der Waals surface area contributed by atoms with E-state index in [2.05, 4.69) is 14.9 Å². The molecule has 0 saturated heterocycles. The summed E-state index contributed by atoms with van der Waals surface area (Å²) in [6.07, 6.45) is 4.02. The van der Waals surface area contributed by atoms with Gasteiger partial charge < -0.3 is 28.6 Å². The van der Waals surface area contributed by atoms with Gasteiger partial charge in [-0.25, -0.2) is 21.8 Å². The molecular formula is C31H46N6O9S2. The Morgan fingerprint density at radius 1 is 1.17 bits per heavy atom. The zero-order valence-electron chi connectivity index (χ0n) is 28.4. The highest BCUT2D eigenvalue weighted by atomic mass is 32.2. The van der Waals surface area contributed by atoms with Crippen LogP contribution in [-0.2, 0) is 31.8 Å². The van der Waals surface area contributed by atoms with Gasteiger partial charge in [0.15, 0.2) is 15.7 Å². The molecule has 1 amide bonds. The number of benzene rings is 1. The lowest BCUT2D eigenvalue weighted by molar-refractivity contribution is -0.00835. The number of hydrogen-bond donors (Lipinski definition) is 2. The van der Waals surface area contributed by atoms with Crippen molar-refractivity contribution in [1.82, 2.24) is 23.9 Å². The fraction of sp³-hybridized carbons (Fsp3) is 0.581. The fourth-order valence-electron chi connectivity index (χ4n) is 5.55. The first kappa shape index (κ1) is 37.3. The summed E-state index contributed by atoms with van der Waals surface area (Å²) >= 11 is 0. The van der Waals surface area contributed by atoms with Gasteiger partial charge in [-0.15, -0.1) is 0 Å². The van der Waals surface area contributed by atoms with Gasteiger partial charge >= 0.3 is 0 Å². The van der Waals surface area contributed by atoms with Crippen molar-refractivity contribution in [3.8, 4) is 5.75 Å². The first-order chi connectivity index (χ1) is 22.5. The van der Waals surface area contributed by atoms with Gasteiger partial charge in [-0.2, -0.15) is 4.31 Å². The maximum atomic E-state index is 14.4. The van der Waals surface area contributed by atoms with Crippen LogP contribution in [0.4, 0.5) is 5.69 Å². The molecule has 0 spiro atoms. The van der Waals surface area contributed by atoms with E-state index in [0.717, 1.165) is 6.42 Å². The first-order valence-electron chi connectivity index (χ1n) is 15.8. The highest BCUT2D eigenvalue weighted by molar-refractivity contribution is 7.92. The summed E-state index contributed by atoms with van der Waals surface area (Å²) in [5, 5.41) is 13.9. The van der Waals surface area contributed by atoms with Gasteiger partial charge in [0, 0.05) is 51.6 Å². The van der Waals surface area contributed by atoms with Crippen molar-refractivity contribution in [2.45, 2.75) is 82.1 Å². The standard InChI is InChI=1S/C31H46N6O9S2/c1-20-15-37(21(2)18-38)31(39)26-14-25(34-47(40,41)30-23(4)33-46-24(30)5)11-12-27(26)45-22(3)10-8-9-13-44-28(20)16-36(7)48(42,43)29-17-35(6)19-32-29/h11-12,14,17,19-22,28,34,38H,8-10,13,15-16,18H2,1-7H3/t20-,21+,22-,28+/m0/s1. The third-order valence-electron chi connectivity index (χ3n) is 8.33. The Balaban J connectivity index is 1.69. The Morgan fingerprint density at radius 2 is 1.90 bits per heavy atom. The number of sulfonamides is 2. The zero-order valence-corrected chi connectivity index (χ0v) is 30.0. The number of anilines is 1. The lowest BCUT2D eigenvalue weighted by Gasteiger charge is -2.35. The van der Waals surface area contributed by atoms with Crippen molar-refractivity contribution in [2.75, 3.05) is 38.1 Å². The van der Waals surface area contributed by atoms with Gasteiger partial charge in [0.1, 0.15) is 11.4 Å². The van der Waals surface area contributed by atoms with Crippen LogP contribution in [0.2, 0.25) is 0 Å². The fourth-order valence-corrected chi connectivity index (χ4v) is 8.07. The van der Waals surface area contributed by atoms with Crippen LogP contribution in [-0.4, -0.2) is 103 Å². The summed E-state index contributed by atoms with van der Waals surface area (Å²) in [6.45, 7) is 8.54. The van der Waals surface area contributed by atoms with Crippen molar-refractivity contribution < 1.29 is 40.7 Å². The van der Waals surface area contributed by atoms with Crippen LogP contribution in [0.3, 0.4) is 0 Å². The molecule has 0 bridgehead atoms. The normalized spacial score (nSPS) is 21.0. The largest absolute Gasteiger partial charge is 0.490 e. The molecule has 1 aliphatic rings. The van der Waals surface area contributed by atoms with E-state index in [-0.39, 0.29) is 64.2 Å². The molecule has 0 fully saturated rings. The number of amides is 1. The van der Waals surface area contributed by atoms with E-state index in [0.29, 0.717) is 19.4 Å². The molecular weight excluding hydrogens is 665 g/mol. The Kier molecular flexibility index (Phi) is 11.9. The number of aliphatic hydroxyl groups is 1. The van der Waals surface area contributed by atoms with Crippen molar-refractivity contribution in [2.24, 2.45) is 13.0 Å². The quantitative estimate of drug-likeness (QED) is 0.333. The van der Waals surface area contributed by atoms with E-state index in [9.17, 15) is 26.7 Å². The van der Waals surface area contributed by atoms with Crippen molar-refractivity contribution in [3.05, 3.63) is 47.7 Å². The van der Waals surface area contributed by atoms with Gasteiger partial charge in [-0.05, 0) is 65.2 Å².